The second-order valence-electron chi connectivity index (χ2n) is 9.31. The molecule has 28 heavy (non-hydrogen) atoms. The van der Waals surface area contributed by atoms with Crippen molar-refractivity contribution in [3.8, 4) is 0 Å². The van der Waals surface area contributed by atoms with Crippen LogP contribution in [0.25, 0.3) is 0 Å². The summed E-state index contributed by atoms with van der Waals surface area (Å²) in [5.41, 5.74) is -0.138. The third-order valence-electron chi connectivity index (χ3n) is 5.51. The van der Waals surface area contributed by atoms with E-state index in [9.17, 15) is 9.59 Å². The largest absolute Gasteiger partial charge is 0.353 e. The van der Waals surface area contributed by atoms with Gasteiger partial charge in [-0.15, -0.1) is 0 Å². The molecule has 2 amide bonds. The van der Waals surface area contributed by atoms with Crippen molar-refractivity contribution in [2.75, 3.05) is 13.1 Å². The Hall–Kier alpha value is -1.92. The first-order valence-corrected chi connectivity index (χ1v) is 10.5. The van der Waals surface area contributed by atoms with E-state index in [-0.39, 0.29) is 29.2 Å². The molecule has 1 unspecified atom stereocenters. The predicted octanol–water partition coefficient (Wildman–Crippen LogP) is 3.09. The molecule has 1 aliphatic rings. The second-order valence-corrected chi connectivity index (χ2v) is 9.31. The summed E-state index contributed by atoms with van der Waals surface area (Å²) < 4.78 is 5.28. The van der Waals surface area contributed by atoms with Gasteiger partial charge in [-0.2, -0.15) is 4.98 Å². The third-order valence-corrected chi connectivity index (χ3v) is 5.51. The Balaban J connectivity index is 1.70. The highest BCUT2D eigenvalue weighted by Gasteiger charge is 2.28. The number of carbonyl (C=O) groups is 2. The van der Waals surface area contributed by atoms with Crippen molar-refractivity contribution < 1.29 is 14.1 Å². The third kappa shape index (κ3) is 6.31. The standard InChI is InChI=1S/C21H36N4O3/c1-14(2)15(3)22-19(27)16-10-12-25(13-11-16)18(26)9-7-8-17-23-20(24-28-17)21(4,5)6/h14-16H,7-13H2,1-6H3,(H,22,27). The summed E-state index contributed by atoms with van der Waals surface area (Å²) in [5, 5.41) is 7.10. The molecule has 1 atom stereocenters. The second kappa shape index (κ2) is 9.52. The lowest BCUT2D eigenvalue weighted by Gasteiger charge is -2.32. The smallest absolute Gasteiger partial charge is 0.226 e. The van der Waals surface area contributed by atoms with Gasteiger partial charge in [0.1, 0.15) is 0 Å². The van der Waals surface area contributed by atoms with Crippen LogP contribution < -0.4 is 5.32 Å². The van der Waals surface area contributed by atoms with Crippen molar-refractivity contribution >= 4 is 11.8 Å². The zero-order valence-electron chi connectivity index (χ0n) is 18.2. The Morgan fingerprint density at radius 1 is 1.21 bits per heavy atom. The summed E-state index contributed by atoms with van der Waals surface area (Å²) in [7, 11) is 0. The number of hydrogen-bond donors (Lipinski definition) is 1. The first-order chi connectivity index (χ1) is 13.1. The van der Waals surface area contributed by atoms with Gasteiger partial charge in [-0.05, 0) is 32.1 Å². The normalized spacial score (nSPS) is 17.0. The van der Waals surface area contributed by atoms with Gasteiger partial charge in [-0.3, -0.25) is 9.59 Å². The Morgan fingerprint density at radius 3 is 2.39 bits per heavy atom. The van der Waals surface area contributed by atoms with E-state index >= 15 is 0 Å². The summed E-state index contributed by atoms with van der Waals surface area (Å²) in [5.74, 6) is 1.99. The number of nitrogens with one attached hydrogen (secondary N) is 1. The number of aryl methyl sites for hydroxylation is 1. The Kier molecular flexibility index (Phi) is 7.61. The lowest BCUT2D eigenvalue weighted by Crippen LogP contribution is -2.45. The van der Waals surface area contributed by atoms with Crippen LogP contribution in [0.5, 0.6) is 0 Å². The fourth-order valence-corrected chi connectivity index (χ4v) is 3.11. The number of aromatic nitrogens is 2. The van der Waals surface area contributed by atoms with E-state index in [0.29, 0.717) is 50.0 Å². The molecule has 0 spiro atoms. The van der Waals surface area contributed by atoms with E-state index in [1.807, 2.05) is 32.6 Å². The van der Waals surface area contributed by atoms with Gasteiger partial charge in [0.2, 0.25) is 17.7 Å². The average molecular weight is 393 g/mol. The summed E-state index contributed by atoms with van der Waals surface area (Å²) in [4.78, 5) is 31.1. The van der Waals surface area contributed by atoms with Crippen LogP contribution in [0, 0.1) is 11.8 Å². The van der Waals surface area contributed by atoms with Crippen molar-refractivity contribution in [2.24, 2.45) is 11.8 Å². The Morgan fingerprint density at radius 2 is 1.86 bits per heavy atom. The van der Waals surface area contributed by atoms with Crippen LogP contribution in [0.1, 0.15) is 78.9 Å². The molecule has 1 N–H and O–H groups in total. The summed E-state index contributed by atoms with van der Waals surface area (Å²) in [6.45, 7) is 13.7. The van der Waals surface area contributed by atoms with Crippen LogP contribution in [0.3, 0.4) is 0 Å². The molecule has 1 aliphatic heterocycles. The predicted molar refractivity (Wildman–Crippen MR) is 108 cm³/mol. The van der Waals surface area contributed by atoms with Gasteiger partial charge in [0.15, 0.2) is 5.82 Å². The molecule has 1 fully saturated rings. The highest BCUT2D eigenvalue weighted by atomic mass is 16.5. The molecule has 0 saturated carbocycles. The van der Waals surface area contributed by atoms with Gasteiger partial charge in [0, 0.05) is 43.3 Å². The van der Waals surface area contributed by atoms with E-state index in [4.69, 9.17) is 4.52 Å². The maximum atomic E-state index is 12.5. The number of rotatable bonds is 7. The van der Waals surface area contributed by atoms with Crippen LogP contribution in [0.2, 0.25) is 0 Å². The molecule has 1 aromatic rings. The fraction of sp³-hybridized carbons (Fsp3) is 0.810. The van der Waals surface area contributed by atoms with Gasteiger partial charge >= 0.3 is 0 Å². The zero-order chi connectivity index (χ0) is 20.9. The van der Waals surface area contributed by atoms with Gasteiger partial charge in [-0.1, -0.05) is 39.8 Å². The van der Waals surface area contributed by atoms with Crippen LogP contribution in [0.4, 0.5) is 0 Å². The van der Waals surface area contributed by atoms with E-state index < -0.39 is 0 Å². The van der Waals surface area contributed by atoms with Crippen molar-refractivity contribution in [1.82, 2.24) is 20.4 Å². The summed E-state index contributed by atoms with van der Waals surface area (Å²) in [6, 6.07) is 0.177. The van der Waals surface area contributed by atoms with Gasteiger partial charge in [0.05, 0.1) is 0 Å². The minimum absolute atomic E-state index is 0.0134. The number of hydrogen-bond acceptors (Lipinski definition) is 5. The van der Waals surface area contributed by atoms with Crippen LogP contribution in [-0.2, 0) is 21.4 Å². The highest BCUT2D eigenvalue weighted by Crippen LogP contribution is 2.21. The van der Waals surface area contributed by atoms with Gasteiger partial charge in [-0.25, -0.2) is 0 Å². The van der Waals surface area contributed by atoms with E-state index in [0.717, 1.165) is 12.8 Å². The lowest BCUT2D eigenvalue weighted by molar-refractivity contribution is -0.136. The zero-order valence-corrected chi connectivity index (χ0v) is 18.2. The van der Waals surface area contributed by atoms with Crippen molar-refractivity contribution in [1.29, 1.82) is 0 Å². The molecule has 1 saturated heterocycles. The number of carbonyl (C=O) groups excluding carboxylic acids is 2. The first-order valence-electron chi connectivity index (χ1n) is 10.5. The first kappa shape index (κ1) is 22.4. The maximum Gasteiger partial charge on any atom is 0.226 e. The summed E-state index contributed by atoms with van der Waals surface area (Å²) in [6.07, 6.45) is 3.24. The van der Waals surface area contributed by atoms with Crippen molar-refractivity contribution in [3.63, 3.8) is 0 Å². The number of amides is 2. The van der Waals surface area contributed by atoms with Crippen LogP contribution in [-0.4, -0.2) is 46.0 Å². The number of nitrogens with zero attached hydrogens (tertiary/aromatic N) is 3. The van der Waals surface area contributed by atoms with E-state index in [1.165, 1.54) is 0 Å². The SMILES string of the molecule is CC(C)C(C)NC(=O)C1CCN(C(=O)CCCc2nc(C(C)(C)C)no2)CC1. The molecule has 2 rings (SSSR count). The molecule has 0 radical (unpaired) electrons. The minimum atomic E-state index is -0.138. The van der Waals surface area contributed by atoms with Crippen LogP contribution in [0.15, 0.2) is 4.52 Å². The Labute approximate surface area is 168 Å². The number of piperidine rings is 1. The van der Waals surface area contributed by atoms with Crippen molar-refractivity contribution in [3.05, 3.63) is 11.7 Å². The van der Waals surface area contributed by atoms with Gasteiger partial charge in [0.25, 0.3) is 0 Å². The number of likely N-dealkylation sites (tertiary alicyclic amines) is 1. The molecular formula is C21H36N4O3. The molecule has 158 valence electrons. The quantitative estimate of drug-likeness (QED) is 0.770. The van der Waals surface area contributed by atoms with E-state index in [1.54, 1.807) is 0 Å². The lowest BCUT2D eigenvalue weighted by atomic mass is 9.94. The van der Waals surface area contributed by atoms with Gasteiger partial charge < -0.3 is 14.7 Å². The molecular weight excluding hydrogens is 356 g/mol. The van der Waals surface area contributed by atoms with Crippen LogP contribution >= 0.6 is 0 Å². The minimum Gasteiger partial charge on any atom is -0.353 e. The molecule has 0 aromatic carbocycles. The Bertz CT molecular complexity index is 655. The summed E-state index contributed by atoms with van der Waals surface area (Å²) >= 11 is 0. The highest BCUT2D eigenvalue weighted by molar-refractivity contribution is 5.80. The molecule has 7 nitrogen and oxygen atoms in total. The molecule has 0 aliphatic carbocycles. The molecule has 0 bridgehead atoms. The molecule has 2 heterocycles. The van der Waals surface area contributed by atoms with Crippen molar-refractivity contribution in [2.45, 2.75) is 85.1 Å². The topological polar surface area (TPSA) is 88.3 Å². The van der Waals surface area contributed by atoms with E-state index in [2.05, 4.69) is 29.3 Å². The monoisotopic (exact) mass is 392 g/mol. The maximum absolute atomic E-state index is 12.5. The average Bonchev–Trinajstić information content (AvgIpc) is 3.11. The fourth-order valence-electron chi connectivity index (χ4n) is 3.11. The molecule has 1 aromatic heterocycles. The molecule has 7 heteroatoms.